The maximum Gasteiger partial charge on any atom is 0.405 e. The Morgan fingerprint density at radius 2 is 2.29 bits per heavy atom. The molecule has 0 aromatic carbocycles. The third kappa shape index (κ3) is 2.70. The molecule has 1 aromatic heterocycles. The van der Waals surface area contributed by atoms with Crippen molar-refractivity contribution in [2.24, 2.45) is 11.1 Å². The zero-order valence-corrected chi connectivity index (χ0v) is 9.30. The summed E-state index contributed by atoms with van der Waals surface area (Å²) < 4.78 is 5.05. The molecule has 78 valence electrons. The number of carbonyl (C=O) groups excluding carboxylic acids is 1. The van der Waals surface area contributed by atoms with E-state index in [9.17, 15) is 4.79 Å². The van der Waals surface area contributed by atoms with Crippen LogP contribution < -0.4 is 5.73 Å². The maximum absolute atomic E-state index is 10.7. The van der Waals surface area contributed by atoms with Gasteiger partial charge >= 0.3 is 6.09 Å². The van der Waals surface area contributed by atoms with Crippen molar-refractivity contribution in [3.8, 4) is 0 Å². The molecule has 0 spiro atoms. The Kier molecular flexibility index (Phi) is 3.10. The van der Waals surface area contributed by atoms with Crippen LogP contribution in [0.1, 0.15) is 31.9 Å². The van der Waals surface area contributed by atoms with E-state index in [0.717, 1.165) is 5.01 Å². The molecule has 1 rings (SSSR count). The van der Waals surface area contributed by atoms with Crippen molar-refractivity contribution in [1.29, 1.82) is 0 Å². The SMILES string of the molecule is CC(C)(C)C(OC(N)=O)c1nccs1. The summed E-state index contributed by atoms with van der Waals surface area (Å²) in [5.41, 5.74) is 4.81. The van der Waals surface area contributed by atoms with Gasteiger partial charge in [0.05, 0.1) is 0 Å². The number of carbonyl (C=O) groups is 1. The third-order valence-corrected chi connectivity index (χ3v) is 2.52. The fourth-order valence-electron chi connectivity index (χ4n) is 1.08. The summed E-state index contributed by atoms with van der Waals surface area (Å²) >= 11 is 1.46. The van der Waals surface area contributed by atoms with Crippen molar-refractivity contribution in [3.63, 3.8) is 0 Å². The lowest BCUT2D eigenvalue weighted by Gasteiger charge is -2.27. The van der Waals surface area contributed by atoms with E-state index in [-0.39, 0.29) is 11.5 Å². The molecule has 0 fully saturated rings. The zero-order valence-electron chi connectivity index (χ0n) is 8.48. The molecule has 0 radical (unpaired) electrons. The molecule has 0 aliphatic rings. The van der Waals surface area contributed by atoms with Gasteiger partial charge in [-0.3, -0.25) is 0 Å². The van der Waals surface area contributed by atoms with Crippen molar-refractivity contribution in [3.05, 3.63) is 16.6 Å². The monoisotopic (exact) mass is 214 g/mol. The topological polar surface area (TPSA) is 65.2 Å². The van der Waals surface area contributed by atoms with Crippen LogP contribution in [0.2, 0.25) is 0 Å². The second kappa shape index (κ2) is 3.96. The van der Waals surface area contributed by atoms with Gasteiger partial charge in [-0.2, -0.15) is 0 Å². The second-order valence-corrected chi connectivity index (χ2v) is 4.98. The zero-order chi connectivity index (χ0) is 10.8. The molecule has 1 heterocycles. The highest BCUT2D eigenvalue weighted by Gasteiger charge is 2.31. The normalized spacial score (nSPS) is 13.6. The number of primary amides is 1. The molecule has 0 aliphatic carbocycles. The summed E-state index contributed by atoms with van der Waals surface area (Å²) in [4.78, 5) is 14.9. The highest BCUT2D eigenvalue weighted by Crippen LogP contribution is 2.36. The van der Waals surface area contributed by atoms with Crippen LogP contribution in [-0.4, -0.2) is 11.1 Å². The minimum absolute atomic E-state index is 0.202. The van der Waals surface area contributed by atoms with Crippen LogP contribution in [0.25, 0.3) is 0 Å². The number of ether oxygens (including phenoxy) is 1. The van der Waals surface area contributed by atoms with Crippen molar-refractivity contribution < 1.29 is 9.53 Å². The summed E-state index contributed by atoms with van der Waals surface area (Å²) in [6.45, 7) is 5.92. The van der Waals surface area contributed by atoms with E-state index in [1.165, 1.54) is 11.3 Å². The molecular weight excluding hydrogens is 200 g/mol. The average Bonchev–Trinajstić information content (AvgIpc) is 2.49. The highest BCUT2D eigenvalue weighted by molar-refractivity contribution is 7.09. The van der Waals surface area contributed by atoms with Crippen LogP contribution >= 0.6 is 11.3 Å². The van der Waals surface area contributed by atoms with E-state index in [2.05, 4.69) is 4.98 Å². The molecule has 1 unspecified atom stereocenters. The molecule has 4 nitrogen and oxygen atoms in total. The first-order valence-electron chi connectivity index (χ1n) is 4.26. The third-order valence-electron chi connectivity index (χ3n) is 1.70. The quantitative estimate of drug-likeness (QED) is 0.821. The lowest BCUT2D eigenvalue weighted by atomic mass is 9.89. The fourth-order valence-corrected chi connectivity index (χ4v) is 1.99. The summed E-state index contributed by atoms with van der Waals surface area (Å²) in [5.74, 6) is 0. The van der Waals surface area contributed by atoms with Gasteiger partial charge in [0, 0.05) is 17.0 Å². The predicted octanol–water partition coefficient (Wildman–Crippen LogP) is 2.33. The molecule has 2 N–H and O–H groups in total. The number of hydrogen-bond donors (Lipinski definition) is 1. The summed E-state index contributed by atoms with van der Waals surface area (Å²) in [5, 5.41) is 2.62. The molecule has 1 aromatic rings. The average molecular weight is 214 g/mol. The lowest BCUT2D eigenvalue weighted by Crippen LogP contribution is -2.26. The predicted molar refractivity (Wildman–Crippen MR) is 55.0 cm³/mol. The Labute approximate surface area is 87.1 Å². The van der Waals surface area contributed by atoms with Gasteiger partial charge in [0.15, 0.2) is 6.10 Å². The van der Waals surface area contributed by atoms with Gasteiger partial charge in [-0.25, -0.2) is 9.78 Å². The number of nitrogens with zero attached hydrogens (tertiary/aromatic N) is 1. The molecule has 14 heavy (non-hydrogen) atoms. The van der Waals surface area contributed by atoms with Gasteiger partial charge in [-0.05, 0) is 0 Å². The number of hydrogen-bond acceptors (Lipinski definition) is 4. The first-order valence-corrected chi connectivity index (χ1v) is 5.14. The van der Waals surface area contributed by atoms with E-state index in [1.54, 1.807) is 6.20 Å². The van der Waals surface area contributed by atoms with Crippen LogP contribution in [0.3, 0.4) is 0 Å². The van der Waals surface area contributed by atoms with Gasteiger partial charge in [-0.1, -0.05) is 20.8 Å². The Morgan fingerprint density at radius 1 is 1.64 bits per heavy atom. The number of aromatic nitrogens is 1. The minimum atomic E-state index is -0.764. The van der Waals surface area contributed by atoms with E-state index in [0.29, 0.717) is 0 Å². The number of amides is 1. The summed E-state index contributed by atoms with van der Waals surface area (Å²) in [7, 11) is 0. The molecule has 0 saturated carbocycles. The fraction of sp³-hybridized carbons (Fsp3) is 0.556. The molecule has 1 atom stereocenters. The number of nitrogens with two attached hydrogens (primary N) is 1. The van der Waals surface area contributed by atoms with E-state index >= 15 is 0 Å². The number of rotatable bonds is 2. The Bertz CT molecular complexity index is 303. The van der Waals surface area contributed by atoms with Gasteiger partial charge in [-0.15, -0.1) is 11.3 Å². The molecule has 0 bridgehead atoms. The Morgan fingerprint density at radius 3 is 2.64 bits per heavy atom. The molecule has 0 saturated heterocycles. The maximum atomic E-state index is 10.7. The van der Waals surface area contributed by atoms with Crippen LogP contribution in [0.5, 0.6) is 0 Å². The van der Waals surface area contributed by atoms with Gasteiger partial charge < -0.3 is 10.5 Å². The van der Waals surface area contributed by atoms with E-state index in [4.69, 9.17) is 10.5 Å². The van der Waals surface area contributed by atoms with Gasteiger partial charge in [0.25, 0.3) is 0 Å². The van der Waals surface area contributed by atoms with Crippen molar-refractivity contribution >= 4 is 17.4 Å². The lowest BCUT2D eigenvalue weighted by molar-refractivity contribution is 0.0358. The molecule has 1 amide bonds. The van der Waals surface area contributed by atoms with Crippen molar-refractivity contribution in [1.82, 2.24) is 4.98 Å². The van der Waals surface area contributed by atoms with Crippen molar-refractivity contribution in [2.75, 3.05) is 0 Å². The van der Waals surface area contributed by atoms with E-state index < -0.39 is 6.09 Å². The smallest absolute Gasteiger partial charge is 0.405 e. The van der Waals surface area contributed by atoms with E-state index in [1.807, 2.05) is 26.2 Å². The largest absolute Gasteiger partial charge is 0.438 e. The summed E-state index contributed by atoms with van der Waals surface area (Å²) in [6.07, 6.45) is 0.545. The Balaban J connectivity index is 2.89. The molecule has 0 aliphatic heterocycles. The Hall–Kier alpha value is -1.10. The van der Waals surface area contributed by atoms with Crippen LogP contribution in [0, 0.1) is 5.41 Å². The first kappa shape index (κ1) is 11.0. The highest BCUT2D eigenvalue weighted by atomic mass is 32.1. The molecule has 5 heteroatoms. The minimum Gasteiger partial charge on any atom is -0.438 e. The van der Waals surface area contributed by atoms with Crippen LogP contribution in [0.4, 0.5) is 4.79 Å². The standard InChI is InChI=1S/C9H14N2O2S/c1-9(2,3)6(13-8(10)12)7-11-4-5-14-7/h4-6H,1-3H3,(H2,10,12). The van der Waals surface area contributed by atoms with Crippen molar-refractivity contribution in [2.45, 2.75) is 26.9 Å². The second-order valence-electron chi connectivity index (χ2n) is 4.05. The molecular formula is C9H14N2O2S. The van der Waals surface area contributed by atoms with Crippen LogP contribution in [-0.2, 0) is 4.74 Å². The number of thiazole rings is 1. The first-order chi connectivity index (χ1) is 6.41. The van der Waals surface area contributed by atoms with Gasteiger partial charge in [0.2, 0.25) is 0 Å². The van der Waals surface area contributed by atoms with Gasteiger partial charge in [0.1, 0.15) is 5.01 Å². The van der Waals surface area contributed by atoms with Crippen LogP contribution in [0.15, 0.2) is 11.6 Å². The summed E-state index contributed by atoms with van der Waals surface area (Å²) in [6, 6.07) is 0.